The van der Waals surface area contributed by atoms with Crippen molar-refractivity contribution in [2.45, 2.75) is 13.8 Å². The molecule has 0 radical (unpaired) electrons. The Bertz CT molecular complexity index is 385. The second kappa shape index (κ2) is 5.19. The Labute approximate surface area is 111 Å². The van der Waals surface area contributed by atoms with E-state index in [1.165, 1.54) is 0 Å². The molecule has 1 rings (SSSR count). The van der Waals surface area contributed by atoms with Crippen molar-refractivity contribution in [3.8, 4) is 0 Å². The molecule has 0 bridgehead atoms. The Kier molecular flexibility index (Phi) is 4.38. The standard InChI is InChI=1S/C11H13Br2NO2/c1-11(2,10(15)16)6-14-9-7(12)4-3-5-8(9)13/h3-5,14H,6H2,1-2H3,(H,15,16). The topological polar surface area (TPSA) is 49.3 Å². The number of anilines is 1. The number of hydrogen-bond donors (Lipinski definition) is 2. The van der Waals surface area contributed by atoms with E-state index in [9.17, 15) is 4.79 Å². The summed E-state index contributed by atoms with van der Waals surface area (Å²) in [6.07, 6.45) is 0. The van der Waals surface area contributed by atoms with Crippen LogP contribution in [0.4, 0.5) is 5.69 Å². The number of benzene rings is 1. The lowest BCUT2D eigenvalue weighted by Crippen LogP contribution is -2.31. The van der Waals surface area contributed by atoms with Crippen molar-refractivity contribution in [1.82, 2.24) is 0 Å². The number of nitrogens with one attached hydrogen (secondary N) is 1. The molecule has 0 aliphatic rings. The van der Waals surface area contributed by atoms with Crippen molar-refractivity contribution >= 4 is 43.5 Å². The Morgan fingerprint density at radius 1 is 1.38 bits per heavy atom. The third-order valence-corrected chi connectivity index (χ3v) is 3.57. The second-order valence-electron chi connectivity index (χ2n) is 4.14. The van der Waals surface area contributed by atoms with Crippen LogP contribution in [-0.2, 0) is 4.79 Å². The van der Waals surface area contributed by atoms with Crippen molar-refractivity contribution < 1.29 is 9.90 Å². The van der Waals surface area contributed by atoms with Gasteiger partial charge in [-0.25, -0.2) is 0 Å². The summed E-state index contributed by atoms with van der Waals surface area (Å²) in [6.45, 7) is 3.74. The lowest BCUT2D eigenvalue weighted by molar-refractivity contribution is -0.146. The maximum Gasteiger partial charge on any atom is 0.310 e. The minimum absolute atomic E-state index is 0.365. The number of carboxylic acids is 1. The predicted molar refractivity (Wildman–Crippen MR) is 71.7 cm³/mol. The molecule has 5 heteroatoms. The van der Waals surface area contributed by atoms with Crippen LogP contribution in [0.15, 0.2) is 27.1 Å². The molecule has 0 amide bonds. The minimum Gasteiger partial charge on any atom is -0.481 e. The van der Waals surface area contributed by atoms with Gasteiger partial charge < -0.3 is 10.4 Å². The highest BCUT2D eigenvalue weighted by molar-refractivity contribution is 9.11. The highest BCUT2D eigenvalue weighted by atomic mass is 79.9. The third kappa shape index (κ3) is 3.22. The van der Waals surface area contributed by atoms with Gasteiger partial charge in [-0.05, 0) is 57.8 Å². The van der Waals surface area contributed by atoms with Gasteiger partial charge in [0.2, 0.25) is 0 Å². The van der Waals surface area contributed by atoms with Crippen LogP contribution in [-0.4, -0.2) is 17.6 Å². The molecule has 0 aliphatic heterocycles. The minimum atomic E-state index is -0.817. The Balaban J connectivity index is 2.79. The molecule has 0 heterocycles. The molecular weight excluding hydrogens is 338 g/mol. The number of aliphatic carboxylic acids is 1. The molecule has 0 saturated carbocycles. The number of carbonyl (C=O) groups is 1. The largest absolute Gasteiger partial charge is 0.481 e. The van der Waals surface area contributed by atoms with Gasteiger partial charge >= 0.3 is 5.97 Å². The van der Waals surface area contributed by atoms with Crippen LogP contribution in [0.5, 0.6) is 0 Å². The molecule has 0 fully saturated rings. The van der Waals surface area contributed by atoms with E-state index in [0.29, 0.717) is 6.54 Å². The molecule has 0 aliphatic carbocycles. The monoisotopic (exact) mass is 349 g/mol. The highest BCUT2D eigenvalue weighted by Crippen LogP contribution is 2.31. The first-order valence-electron chi connectivity index (χ1n) is 4.76. The summed E-state index contributed by atoms with van der Waals surface area (Å²) < 4.78 is 1.81. The lowest BCUT2D eigenvalue weighted by atomic mass is 9.94. The molecule has 0 aromatic heterocycles. The van der Waals surface area contributed by atoms with E-state index in [-0.39, 0.29) is 0 Å². The molecule has 1 aromatic rings. The average molecular weight is 351 g/mol. The average Bonchev–Trinajstić information content (AvgIpc) is 2.16. The van der Waals surface area contributed by atoms with E-state index < -0.39 is 11.4 Å². The fraction of sp³-hybridized carbons (Fsp3) is 0.364. The third-order valence-electron chi connectivity index (χ3n) is 2.25. The zero-order chi connectivity index (χ0) is 12.3. The Hall–Kier alpha value is -0.550. The zero-order valence-electron chi connectivity index (χ0n) is 9.05. The highest BCUT2D eigenvalue weighted by Gasteiger charge is 2.27. The second-order valence-corrected chi connectivity index (χ2v) is 5.85. The summed E-state index contributed by atoms with van der Waals surface area (Å²) in [5.41, 5.74) is 0.0752. The van der Waals surface area contributed by atoms with Gasteiger partial charge in [0.15, 0.2) is 0 Å². The predicted octanol–water partition coefficient (Wildman–Crippen LogP) is 3.73. The van der Waals surface area contributed by atoms with Gasteiger partial charge in [-0.1, -0.05) is 6.07 Å². The van der Waals surface area contributed by atoms with E-state index in [2.05, 4.69) is 37.2 Å². The summed E-state index contributed by atoms with van der Waals surface area (Å²) in [5.74, 6) is -0.817. The summed E-state index contributed by atoms with van der Waals surface area (Å²) in [5, 5.41) is 12.1. The van der Waals surface area contributed by atoms with Crippen LogP contribution in [0.3, 0.4) is 0 Å². The van der Waals surface area contributed by atoms with E-state index in [4.69, 9.17) is 5.11 Å². The van der Waals surface area contributed by atoms with Crippen LogP contribution < -0.4 is 5.32 Å². The van der Waals surface area contributed by atoms with Crippen molar-refractivity contribution in [2.24, 2.45) is 5.41 Å². The van der Waals surface area contributed by atoms with Gasteiger partial charge in [0, 0.05) is 15.5 Å². The molecular formula is C11H13Br2NO2. The van der Waals surface area contributed by atoms with Gasteiger partial charge in [-0.2, -0.15) is 0 Å². The first-order chi connectivity index (χ1) is 7.34. The molecule has 2 N–H and O–H groups in total. The first kappa shape index (κ1) is 13.5. The number of rotatable bonds is 4. The molecule has 1 aromatic carbocycles. The molecule has 88 valence electrons. The van der Waals surface area contributed by atoms with Gasteiger partial charge in [0.1, 0.15) is 0 Å². The van der Waals surface area contributed by atoms with Crippen LogP contribution in [0, 0.1) is 5.41 Å². The van der Waals surface area contributed by atoms with E-state index in [0.717, 1.165) is 14.6 Å². The smallest absolute Gasteiger partial charge is 0.310 e. The normalized spacial score (nSPS) is 11.2. The number of para-hydroxylation sites is 1. The SMILES string of the molecule is CC(C)(CNc1c(Br)cccc1Br)C(=O)O. The maximum absolute atomic E-state index is 10.9. The quantitative estimate of drug-likeness (QED) is 0.869. The Morgan fingerprint density at radius 2 is 1.88 bits per heavy atom. The fourth-order valence-electron chi connectivity index (χ4n) is 1.05. The van der Waals surface area contributed by atoms with Gasteiger partial charge in [0.25, 0.3) is 0 Å². The Morgan fingerprint density at radius 3 is 2.31 bits per heavy atom. The van der Waals surface area contributed by atoms with Gasteiger partial charge in [-0.15, -0.1) is 0 Å². The zero-order valence-corrected chi connectivity index (χ0v) is 12.2. The molecule has 0 spiro atoms. The van der Waals surface area contributed by atoms with E-state index in [1.807, 2.05) is 18.2 Å². The molecule has 3 nitrogen and oxygen atoms in total. The molecule has 0 atom stereocenters. The molecule has 0 unspecified atom stereocenters. The van der Waals surface area contributed by atoms with Gasteiger partial charge in [-0.3, -0.25) is 4.79 Å². The maximum atomic E-state index is 10.9. The van der Waals surface area contributed by atoms with E-state index in [1.54, 1.807) is 13.8 Å². The van der Waals surface area contributed by atoms with Crippen LogP contribution in [0.2, 0.25) is 0 Å². The fourth-order valence-corrected chi connectivity index (χ4v) is 2.33. The van der Waals surface area contributed by atoms with Crippen molar-refractivity contribution in [1.29, 1.82) is 0 Å². The summed E-state index contributed by atoms with van der Waals surface area (Å²) in [7, 11) is 0. The first-order valence-corrected chi connectivity index (χ1v) is 6.34. The summed E-state index contributed by atoms with van der Waals surface area (Å²) >= 11 is 6.82. The van der Waals surface area contributed by atoms with Crippen LogP contribution in [0.1, 0.15) is 13.8 Å². The number of hydrogen-bond acceptors (Lipinski definition) is 2. The van der Waals surface area contributed by atoms with Crippen molar-refractivity contribution in [3.05, 3.63) is 27.1 Å². The number of halogens is 2. The summed E-state index contributed by atoms with van der Waals surface area (Å²) in [4.78, 5) is 10.9. The van der Waals surface area contributed by atoms with Gasteiger partial charge in [0.05, 0.1) is 11.1 Å². The lowest BCUT2D eigenvalue weighted by Gasteiger charge is -2.21. The van der Waals surface area contributed by atoms with Crippen LogP contribution in [0.25, 0.3) is 0 Å². The molecule has 0 saturated heterocycles. The molecule has 16 heavy (non-hydrogen) atoms. The van der Waals surface area contributed by atoms with Crippen LogP contribution >= 0.6 is 31.9 Å². The summed E-state index contributed by atoms with van der Waals surface area (Å²) in [6, 6.07) is 5.71. The van der Waals surface area contributed by atoms with E-state index >= 15 is 0 Å². The number of carboxylic acid groups (broad SMARTS) is 1. The van der Waals surface area contributed by atoms with Crippen molar-refractivity contribution in [2.75, 3.05) is 11.9 Å². The van der Waals surface area contributed by atoms with Crippen molar-refractivity contribution in [3.63, 3.8) is 0 Å².